The van der Waals surface area contributed by atoms with E-state index in [4.69, 9.17) is 23.5 Å². The largest absolute Gasteiger partial charge is 0.360 e. The van der Waals surface area contributed by atoms with Gasteiger partial charge in [-0.3, -0.25) is 0 Å². The molecule has 0 aromatic carbocycles. The second-order valence-corrected chi connectivity index (χ2v) is 5.37. The molecule has 6 nitrogen and oxygen atoms in total. The zero-order chi connectivity index (χ0) is 13.5. The maximum atomic E-state index is 5.93. The molecule has 1 atom stereocenters. The SMILES string of the molecule is COC(OC)C1CCc2onc(Br)c2C12OCCO2. The van der Waals surface area contributed by atoms with Gasteiger partial charge in [0.15, 0.2) is 10.9 Å². The summed E-state index contributed by atoms with van der Waals surface area (Å²) in [5.74, 6) is -0.146. The highest BCUT2D eigenvalue weighted by molar-refractivity contribution is 9.10. The lowest BCUT2D eigenvalue weighted by Crippen LogP contribution is -2.47. The van der Waals surface area contributed by atoms with Crippen LogP contribution in [0.5, 0.6) is 0 Å². The first-order valence-corrected chi connectivity index (χ1v) is 7.00. The van der Waals surface area contributed by atoms with Gasteiger partial charge in [0, 0.05) is 20.6 Å². The number of nitrogens with zero attached hydrogens (tertiary/aromatic N) is 1. The molecule has 1 unspecified atom stereocenters. The second-order valence-electron chi connectivity index (χ2n) is 4.62. The lowest BCUT2D eigenvalue weighted by atomic mass is 9.81. The van der Waals surface area contributed by atoms with E-state index in [0.717, 1.165) is 24.2 Å². The minimum Gasteiger partial charge on any atom is -0.360 e. The fourth-order valence-electron chi connectivity index (χ4n) is 3.00. The Morgan fingerprint density at radius 3 is 2.63 bits per heavy atom. The van der Waals surface area contributed by atoms with Gasteiger partial charge in [-0.05, 0) is 22.4 Å². The van der Waals surface area contributed by atoms with Crippen LogP contribution in [0.3, 0.4) is 0 Å². The van der Waals surface area contributed by atoms with Crippen LogP contribution in [0.1, 0.15) is 17.7 Å². The molecule has 1 aromatic heterocycles. The first-order chi connectivity index (χ1) is 9.23. The number of ether oxygens (including phenoxy) is 4. The summed E-state index contributed by atoms with van der Waals surface area (Å²) in [6, 6.07) is 0. The third-order valence-electron chi connectivity index (χ3n) is 3.75. The van der Waals surface area contributed by atoms with Crippen molar-refractivity contribution in [1.29, 1.82) is 0 Å². The summed E-state index contributed by atoms with van der Waals surface area (Å²) < 4.78 is 28.6. The summed E-state index contributed by atoms with van der Waals surface area (Å²) in [6.07, 6.45) is 1.16. The highest BCUT2D eigenvalue weighted by atomic mass is 79.9. The molecule has 19 heavy (non-hydrogen) atoms. The van der Waals surface area contributed by atoms with Crippen LogP contribution in [0.4, 0.5) is 0 Å². The number of halogens is 1. The van der Waals surface area contributed by atoms with Gasteiger partial charge in [0.25, 0.3) is 0 Å². The molecule has 1 saturated heterocycles. The second kappa shape index (κ2) is 5.14. The van der Waals surface area contributed by atoms with Gasteiger partial charge in [-0.2, -0.15) is 0 Å². The maximum Gasteiger partial charge on any atom is 0.209 e. The number of hydrogen-bond acceptors (Lipinski definition) is 6. The average molecular weight is 334 g/mol. The van der Waals surface area contributed by atoms with E-state index in [-0.39, 0.29) is 5.92 Å². The summed E-state index contributed by atoms with van der Waals surface area (Å²) in [5, 5.41) is 3.96. The average Bonchev–Trinajstić information content (AvgIpc) is 3.02. The van der Waals surface area contributed by atoms with Gasteiger partial charge in [0.05, 0.1) is 24.7 Å². The Labute approximate surface area is 119 Å². The number of fused-ring (bicyclic) bond motifs is 2. The van der Waals surface area contributed by atoms with Crippen LogP contribution in [-0.2, 0) is 31.2 Å². The molecule has 0 radical (unpaired) electrons. The molecule has 1 fully saturated rings. The summed E-state index contributed by atoms with van der Waals surface area (Å²) >= 11 is 3.41. The molecule has 0 N–H and O–H groups in total. The van der Waals surface area contributed by atoms with Gasteiger partial charge in [-0.15, -0.1) is 0 Å². The Bertz CT molecular complexity index is 453. The van der Waals surface area contributed by atoms with Crippen LogP contribution in [0.15, 0.2) is 9.13 Å². The maximum absolute atomic E-state index is 5.93. The fraction of sp³-hybridized carbons (Fsp3) is 0.750. The van der Waals surface area contributed by atoms with Crippen molar-refractivity contribution < 1.29 is 23.5 Å². The lowest BCUT2D eigenvalue weighted by molar-refractivity contribution is -0.275. The third-order valence-corrected chi connectivity index (χ3v) is 4.29. The molecule has 0 bridgehead atoms. The highest BCUT2D eigenvalue weighted by Gasteiger charge is 2.56. The lowest BCUT2D eigenvalue weighted by Gasteiger charge is -2.41. The third kappa shape index (κ3) is 1.95. The summed E-state index contributed by atoms with van der Waals surface area (Å²) in [5.41, 5.74) is 0.834. The Kier molecular flexibility index (Phi) is 3.65. The van der Waals surface area contributed by atoms with Crippen LogP contribution in [0.2, 0.25) is 0 Å². The Balaban J connectivity index is 2.06. The molecule has 2 heterocycles. The molecule has 0 amide bonds. The van der Waals surface area contributed by atoms with E-state index in [2.05, 4.69) is 21.1 Å². The van der Waals surface area contributed by atoms with E-state index in [0.29, 0.717) is 17.8 Å². The summed E-state index contributed by atoms with van der Waals surface area (Å²) in [4.78, 5) is 0. The molecule has 3 rings (SSSR count). The number of aromatic nitrogens is 1. The molecule has 106 valence electrons. The van der Waals surface area contributed by atoms with Gasteiger partial charge in [-0.25, -0.2) is 0 Å². The normalized spacial score (nSPS) is 25.2. The first kappa shape index (κ1) is 13.5. The van der Waals surface area contributed by atoms with Crippen molar-refractivity contribution in [2.75, 3.05) is 27.4 Å². The molecule has 1 spiro atoms. The fourth-order valence-corrected chi connectivity index (χ4v) is 3.57. The van der Waals surface area contributed by atoms with Gasteiger partial charge < -0.3 is 23.5 Å². The first-order valence-electron chi connectivity index (χ1n) is 6.21. The van der Waals surface area contributed by atoms with Crippen LogP contribution in [0, 0.1) is 5.92 Å². The molecule has 2 aliphatic rings. The standard InChI is InChI=1S/C12H16BrNO5/c1-15-11(16-2)7-3-4-8-9(10(13)14-19-8)12(7)17-5-6-18-12/h7,11H,3-6H2,1-2H3. The van der Waals surface area contributed by atoms with E-state index in [9.17, 15) is 0 Å². The number of hydrogen-bond donors (Lipinski definition) is 0. The summed E-state index contributed by atoms with van der Waals surface area (Å²) in [7, 11) is 3.24. The minimum atomic E-state index is -0.886. The molecule has 7 heteroatoms. The van der Waals surface area contributed by atoms with Gasteiger partial charge in [-0.1, -0.05) is 5.16 Å². The van der Waals surface area contributed by atoms with E-state index < -0.39 is 12.1 Å². The quantitative estimate of drug-likeness (QED) is 0.786. The summed E-state index contributed by atoms with van der Waals surface area (Å²) in [6.45, 7) is 1.07. The Morgan fingerprint density at radius 2 is 2.00 bits per heavy atom. The molecule has 1 aromatic rings. The topological polar surface area (TPSA) is 63.0 Å². The van der Waals surface area contributed by atoms with Crippen molar-refractivity contribution in [2.45, 2.75) is 24.9 Å². The van der Waals surface area contributed by atoms with Gasteiger partial charge >= 0.3 is 0 Å². The molecular formula is C12H16BrNO5. The predicted octanol–water partition coefficient (Wildman–Crippen LogP) is 1.82. The highest BCUT2D eigenvalue weighted by Crippen LogP contribution is 2.50. The van der Waals surface area contributed by atoms with E-state index in [1.807, 2.05) is 0 Å². The van der Waals surface area contributed by atoms with E-state index in [1.54, 1.807) is 14.2 Å². The van der Waals surface area contributed by atoms with Crippen molar-refractivity contribution in [3.8, 4) is 0 Å². The van der Waals surface area contributed by atoms with Crippen molar-refractivity contribution in [1.82, 2.24) is 5.16 Å². The van der Waals surface area contributed by atoms with Gasteiger partial charge in [0.2, 0.25) is 5.79 Å². The number of aryl methyl sites for hydroxylation is 1. The minimum absolute atomic E-state index is 0.0619. The smallest absolute Gasteiger partial charge is 0.209 e. The zero-order valence-electron chi connectivity index (χ0n) is 10.8. The van der Waals surface area contributed by atoms with E-state index >= 15 is 0 Å². The monoisotopic (exact) mass is 333 g/mol. The van der Waals surface area contributed by atoms with Crippen LogP contribution < -0.4 is 0 Å². The molecule has 1 aliphatic carbocycles. The zero-order valence-corrected chi connectivity index (χ0v) is 12.4. The van der Waals surface area contributed by atoms with E-state index in [1.165, 1.54) is 0 Å². The molecule has 1 aliphatic heterocycles. The van der Waals surface area contributed by atoms with Crippen molar-refractivity contribution >= 4 is 15.9 Å². The van der Waals surface area contributed by atoms with Crippen molar-refractivity contribution in [3.05, 3.63) is 15.9 Å². The van der Waals surface area contributed by atoms with Crippen molar-refractivity contribution in [2.24, 2.45) is 5.92 Å². The van der Waals surface area contributed by atoms with Crippen molar-refractivity contribution in [3.63, 3.8) is 0 Å². The molecule has 0 saturated carbocycles. The van der Waals surface area contributed by atoms with Crippen LogP contribution in [-0.4, -0.2) is 38.9 Å². The Morgan fingerprint density at radius 1 is 1.32 bits per heavy atom. The van der Waals surface area contributed by atoms with Crippen LogP contribution >= 0.6 is 15.9 Å². The number of rotatable bonds is 3. The molecular weight excluding hydrogens is 318 g/mol. The van der Waals surface area contributed by atoms with Gasteiger partial charge in [0.1, 0.15) is 5.76 Å². The predicted molar refractivity (Wildman–Crippen MR) is 67.4 cm³/mol. The van der Waals surface area contributed by atoms with Crippen LogP contribution in [0.25, 0.3) is 0 Å². The Hall–Kier alpha value is -0.470. The number of methoxy groups -OCH3 is 2.